The van der Waals surface area contributed by atoms with Gasteiger partial charge in [0.25, 0.3) is 0 Å². The first-order valence-electron chi connectivity index (χ1n) is 10.0. The van der Waals surface area contributed by atoms with E-state index in [0.717, 1.165) is 17.0 Å². The van der Waals surface area contributed by atoms with Crippen LogP contribution in [-0.4, -0.2) is 58.3 Å². The molecule has 1 aromatic heterocycles. The van der Waals surface area contributed by atoms with E-state index in [1.165, 1.54) is 0 Å². The van der Waals surface area contributed by atoms with Crippen molar-refractivity contribution in [1.82, 2.24) is 20.4 Å². The van der Waals surface area contributed by atoms with E-state index < -0.39 is 12.2 Å². The van der Waals surface area contributed by atoms with Crippen molar-refractivity contribution in [1.29, 1.82) is 0 Å². The number of carbonyl (C=O) groups excluding carboxylic acids is 1. The van der Waals surface area contributed by atoms with Gasteiger partial charge in [-0.3, -0.25) is 4.79 Å². The molecule has 2 aromatic rings. The summed E-state index contributed by atoms with van der Waals surface area (Å²) in [5.74, 6) is -0.0770. The number of nitrogens with zero attached hydrogens (tertiary/aromatic N) is 2. The summed E-state index contributed by atoms with van der Waals surface area (Å²) < 4.78 is 7.10. The molecule has 8 nitrogen and oxygen atoms in total. The second-order valence-electron chi connectivity index (χ2n) is 8.03. The molecule has 1 aliphatic carbocycles. The third kappa shape index (κ3) is 4.05. The monoisotopic (exact) mass is 436 g/mol. The number of halogens is 1. The molecule has 2 heterocycles. The lowest BCUT2D eigenvalue weighted by Crippen LogP contribution is -2.55. The van der Waals surface area contributed by atoms with Crippen LogP contribution in [0.5, 0.6) is 5.75 Å². The molecule has 6 atom stereocenters. The summed E-state index contributed by atoms with van der Waals surface area (Å²) >= 11 is 0. The first kappa shape index (κ1) is 22.6. The number of aliphatic hydroxyl groups is 2. The molecular formula is C21H29ClN4O4. The third-order valence-electron chi connectivity index (χ3n) is 6.40. The smallest absolute Gasteiger partial charge is 0.224 e. The fourth-order valence-electron chi connectivity index (χ4n) is 4.80. The van der Waals surface area contributed by atoms with Gasteiger partial charge < -0.3 is 25.6 Å². The number of hydrogen-bond acceptors (Lipinski definition) is 6. The van der Waals surface area contributed by atoms with Crippen LogP contribution in [0.3, 0.4) is 0 Å². The van der Waals surface area contributed by atoms with E-state index in [4.69, 9.17) is 4.74 Å². The van der Waals surface area contributed by atoms with Crippen molar-refractivity contribution < 1.29 is 19.7 Å². The lowest BCUT2D eigenvalue weighted by molar-refractivity contribution is -0.146. The van der Waals surface area contributed by atoms with E-state index in [-0.39, 0.29) is 42.0 Å². The molecule has 2 aliphatic rings. The van der Waals surface area contributed by atoms with Gasteiger partial charge in [-0.25, -0.2) is 4.68 Å². The van der Waals surface area contributed by atoms with Crippen LogP contribution >= 0.6 is 12.4 Å². The van der Waals surface area contributed by atoms with Crippen LogP contribution in [0.25, 0.3) is 5.69 Å². The Bertz CT molecular complexity index is 876. The number of hydrogen-bond donors (Lipinski definition) is 4. The first-order valence-corrected chi connectivity index (χ1v) is 10.0. The van der Waals surface area contributed by atoms with E-state index in [2.05, 4.69) is 15.7 Å². The Morgan fingerprint density at radius 3 is 2.77 bits per heavy atom. The Labute approximate surface area is 182 Å². The lowest BCUT2D eigenvalue weighted by atomic mass is 9.65. The first-order chi connectivity index (χ1) is 14.0. The summed E-state index contributed by atoms with van der Waals surface area (Å²) in [4.78, 5) is 13.0. The quantitative estimate of drug-likeness (QED) is 0.550. The molecule has 1 amide bonds. The van der Waals surface area contributed by atoms with Gasteiger partial charge >= 0.3 is 0 Å². The maximum Gasteiger partial charge on any atom is 0.224 e. The molecule has 4 rings (SSSR count). The Kier molecular flexibility index (Phi) is 7.02. The minimum absolute atomic E-state index is 0. The maximum absolute atomic E-state index is 13.0. The highest BCUT2D eigenvalue weighted by Gasteiger charge is 2.52. The predicted molar refractivity (Wildman–Crippen MR) is 114 cm³/mol. The van der Waals surface area contributed by atoms with Gasteiger partial charge in [-0.15, -0.1) is 12.4 Å². The lowest BCUT2D eigenvalue weighted by Gasteiger charge is -2.43. The summed E-state index contributed by atoms with van der Waals surface area (Å²) in [6, 6.07) is 7.60. The molecule has 1 saturated carbocycles. The molecule has 1 aliphatic heterocycles. The number of carbonyl (C=O) groups is 1. The summed E-state index contributed by atoms with van der Waals surface area (Å²) in [6.07, 6.45) is 1.91. The van der Waals surface area contributed by atoms with Crippen molar-refractivity contribution in [2.75, 3.05) is 20.2 Å². The molecule has 1 aromatic carbocycles. The summed E-state index contributed by atoms with van der Waals surface area (Å²) in [6.45, 7) is 3.50. The third-order valence-corrected chi connectivity index (χ3v) is 6.40. The number of amides is 1. The minimum atomic E-state index is -0.889. The number of para-hydroxylation sites is 2. The second-order valence-corrected chi connectivity index (χ2v) is 8.03. The fourth-order valence-corrected chi connectivity index (χ4v) is 4.80. The van der Waals surface area contributed by atoms with Crippen LogP contribution in [0.4, 0.5) is 0 Å². The molecule has 0 unspecified atom stereocenters. The Morgan fingerprint density at radius 2 is 2.00 bits per heavy atom. The number of ether oxygens (including phenoxy) is 1. The minimum Gasteiger partial charge on any atom is -0.494 e. The number of benzene rings is 1. The molecule has 0 bridgehead atoms. The number of rotatable bonds is 5. The van der Waals surface area contributed by atoms with Gasteiger partial charge in [0.1, 0.15) is 11.4 Å². The van der Waals surface area contributed by atoms with Crippen molar-refractivity contribution in [2.24, 2.45) is 23.7 Å². The van der Waals surface area contributed by atoms with E-state index in [1.54, 1.807) is 18.0 Å². The van der Waals surface area contributed by atoms with Crippen molar-refractivity contribution >= 4 is 18.3 Å². The van der Waals surface area contributed by atoms with Gasteiger partial charge in [0, 0.05) is 36.7 Å². The highest BCUT2D eigenvalue weighted by molar-refractivity contribution is 5.85. The van der Waals surface area contributed by atoms with Gasteiger partial charge in [-0.1, -0.05) is 19.1 Å². The van der Waals surface area contributed by atoms with Crippen LogP contribution in [0.15, 0.2) is 36.7 Å². The largest absolute Gasteiger partial charge is 0.494 e. The number of aromatic nitrogens is 2. The molecule has 9 heteroatoms. The molecule has 0 radical (unpaired) electrons. The average Bonchev–Trinajstić information content (AvgIpc) is 3.40. The van der Waals surface area contributed by atoms with Crippen LogP contribution in [0, 0.1) is 23.7 Å². The van der Waals surface area contributed by atoms with Crippen molar-refractivity contribution in [3.63, 3.8) is 0 Å². The van der Waals surface area contributed by atoms with E-state index >= 15 is 0 Å². The molecule has 164 valence electrons. The summed E-state index contributed by atoms with van der Waals surface area (Å²) in [5, 5.41) is 31.4. The number of fused-ring (bicyclic) bond motifs is 1. The zero-order valence-electron chi connectivity index (χ0n) is 17.1. The number of methoxy groups -OCH3 is 1. The van der Waals surface area contributed by atoms with Gasteiger partial charge in [0.05, 0.1) is 25.5 Å². The zero-order chi connectivity index (χ0) is 20.5. The second kappa shape index (κ2) is 9.34. The highest BCUT2D eigenvalue weighted by atomic mass is 35.5. The van der Waals surface area contributed by atoms with Crippen LogP contribution in [0.2, 0.25) is 0 Å². The van der Waals surface area contributed by atoms with E-state index in [1.807, 2.05) is 37.4 Å². The Morgan fingerprint density at radius 1 is 1.27 bits per heavy atom. The van der Waals surface area contributed by atoms with Gasteiger partial charge in [-0.05, 0) is 30.5 Å². The molecule has 2 fully saturated rings. The average molecular weight is 437 g/mol. The van der Waals surface area contributed by atoms with E-state index in [0.29, 0.717) is 19.6 Å². The predicted octanol–water partition coefficient (Wildman–Crippen LogP) is 0.742. The van der Waals surface area contributed by atoms with Crippen LogP contribution in [0.1, 0.15) is 12.5 Å². The van der Waals surface area contributed by atoms with Crippen molar-refractivity contribution in [2.45, 2.75) is 25.7 Å². The maximum atomic E-state index is 13.0. The highest BCUT2D eigenvalue weighted by Crippen LogP contribution is 2.41. The standard InChI is InChI=1S/C21H28N4O4.ClH/c1-12-18(14-9-22-10-15(14)20(27)19(12)26)21(28)23-7-13-8-24-25(11-13)16-5-3-4-6-17(16)29-2;/h3-6,8,11-12,14-15,18-20,22,26-27H,7,9-10H2,1-2H3,(H,23,28);1H/t12-,14+,15+,18+,19+,20+;/m1./s1. The van der Waals surface area contributed by atoms with Crippen LogP contribution in [-0.2, 0) is 11.3 Å². The Hall–Kier alpha value is -2.13. The number of nitrogens with one attached hydrogen (secondary N) is 2. The van der Waals surface area contributed by atoms with Gasteiger partial charge in [0.2, 0.25) is 5.91 Å². The fraction of sp³-hybridized carbons (Fsp3) is 0.524. The van der Waals surface area contributed by atoms with Gasteiger partial charge in [0.15, 0.2) is 0 Å². The molecular weight excluding hydrogens is 408 g/mol. The van der Waals surface area contributed by atoms with Crippen LogP contribution < -0.4 is 15.4 Å². The Balaban J connectivity index is 0.00000256. The molecule has 1 saturated heterocycles. The molecule has 30 heavy (non-hydrogen) atoms. The summed E-state index contributed by atoms with van der Waals surface area (Å²) in [5.41, 5.74) is 1.69. The number of aliphatic hydroxyl groups excluding tert-OH is 2. The molecule has 4 N–H and O–H groups in total. The summed E-state index contributed by atoms with van der Waals surface area (Å²) in [7, 11) is 1.62. The normalized spacial score (nSPS) is 30.3. The van der Waals surface area contributed by atoms with Gasteiger partial charge in [-0.2, -0.15) is 5.10 Å². The zero-order valence-corrected chi connectivity index (χ0v) is 17.9. The van der Waals surface area contributed by atoms with Crippen molar-refractivity contribution in [3.05, 3.63) is 42.2 Å². The molecule has 0 spiro atoms. The van der Waals surface area contributed by atoms with Crippen molar-refractivity contribution in [3.8, 4) is 11.4 Å². The SMILES string of the molecule is COc1ccccc1-n1cc(CNC(=O)[C@H]2[C@@H](C)[C@H](O)[C@@H](O)[C@H]3CNC[C@@H]32)cn1.Cl. The van der Waals surface area contributed by atoms with E-state index in [9.17, 15) is 15.0 Å². The topological polar surface area (TPSA) is 109 Å².